The fourth-order valence-corrected chi connectivity index (χ4v) is 3.10. The van der Waals surface area contributed by atoms with Gasteiger partial charge in [0.2, 0.25) is 11.8 Å². The van der Waals surface area contributed by atoms with Gasteiger partial charge in [0, 0.05) is 31.9 Å². The van der Waals surface area contributed by atoms with Crippen LogP contribution in [0.15, 0.2) is 16.8 Å². The van der Waals surface area contributed by atoms with E-state index < -0.39 is 0 Å². The van der Waals surface area contributed by atoms with Crippen molar-refractivity contribution in [2.45, 2.75) is 58.7 Å². The lowest BCUT2D eigenvalue weighted by Crippen LogP contribution is -2.39. The molecule has 0 saturated carbocycles. The molecule has 1 fully saturated rings. The van der Waals surface area contributed by atoms with Gasteiger partial charge in [-0.1, -0.05) is 6.42 Å². The van der Waals surface area contributed by atoms with Gasteiger partial charge in [0.25, 0.3) is 0 Å². The summed E-state index contributed by atoms with van der Waals surface area (Å²) < 4.78 is 7.75. The monoisotopic (exact) mass is 289 g/mol. The third-order valence-corrected chi connectivity index (χ3v) is 4.28. The summed E-state index contributed by atoms with van der Waals surface area (Å²) >= 11 is 0. The number of hydrogen-bond donors (Lipinski definition) is 0. The minimum Gasteiger partial charge on any atom is -0.424 e. The Hall–Kier alpha value is -1.69. The van der Waals surface area contributed by atoms with E-state index in [9.17, 15) is 0 Å². The van der Waals surface area contributed by atoms with Crippen LogP contribution < -0.4 is 0 Å². The molecule has 1 aliphatic rings. The molecule has 6 nitrogen and oxygen atoms in total. The predicted molar refractivity (Wildman–Crippen MR) is 78.7 cm³/mol. The minimum atomic E-state index is 0.591. The van der Waals surface area contributed by atoms with Gasteiger partial charge in [0.1, 0.15) is 5.82 Å². The van der Waals surface area contributed by atoms with Gasteiger partial charge in [0.05, 0.1) is 6.54 Å². The molecular weight excluding hydrogens is 266 g/mol. The second kappa shape index (κ2) is 6.39. The summed E-state index contributed by atoms with van der Waals surface area (Å²) in [6, 6.07) is 0.591. The first kappa shape index (κ1) is 14.3. The van der Waals surface area contributed by atoms with E-state index in [-0.39, 0.29) is 0 Å². The molecule has 114 valence electrons. The van der Waals surface area contributed by atoms with Crippen molar-refractivity contribution < 1.29 is 4.42 Å². The average Bonchev–Trinajstić information content (AvgIpc) is 3.07. The van der Waals surface area contributed by atoms with Crippen molar-refractivity contribution >= 4 is 0 Å². The Balaban J connectivity index is 1.60. The molecule has 0 spiro atoms. The van der Waals surface area contributed by atoms with E-state index in [1.165, 1.54) is 19.3 Å². The highest BCUT2D eigenvalue weighted by Gasteiger charge is 2.24. The lowest BCUT2D eigenvalue weighted by atomic mass is 9.99. The molecule has 1 atom stereocenters. The molecule has 0 bridgehead atoms. The van der Waals surface area contributed by atoms with Crippen LogP contribution in [0, 0.1) is 13.8 Å². The zero-order chi connectivity index (χ0) is 14.7. The van der Waals surface area contributed by atoms with Crippen LogP contribution in [-0.2, 0) is 13.1 Å². The summed E-state index contributed by atoms with van der Waals surface area (Å²) in [7, 11) is 0. The van der Waals surface area contributed by atoms with Gasteiger partial charge in [-0.2, -0.15) is 0 Å². The van der Waals surface area contributed by atoms with Crippen LogP contribution in [-0.4, -0.2) is 37.2 Å². The van der Waals surface area contributed by atoms with E-state index in [4.69, 9.17) is 4.42 Å². The molecule has 1 saturated heterocycles. The van der Waals surface area contributed by atoms with E-state index in [2.05, 4.69) is 37.8 Å². The number of aromatic nitrogens is 4. The molecule has 0 aliphatic carbocycles. The third kappa shape index (κ3) is 3.50. The molecule has 2 aromatic rings. The number of aryl methyl sites for hydroxylation is 3. The van der Waals surface area contributed by atoms with E-state index >= 15 is 0 Å². The first-order valence-corrected chi connectivity index (χ1v) is 7.73. The second-order valence-electron chi connectivity index (χ2n) is 5.79. The van der Waals surface area contributed by atoms with Crippen molar-refractivity contribution in [3.63, 3.8) is 0 Å². The number of hydrogen-bond acceptors (Lipinski definition) is 5. The summed E-state index contributed by atoms with van der Waals surface area (Å²) in [5.74, 6) is 2.47. The first-order valence-electron chi connectivity index (χ1n) is 7.73. The molecule has 0 N–H and O–H groups in total. The summed E-state index contributed by atoms with van der Waals surface area (Å²) in [6.07, 6.45) is 8.89. The zero-order valence-electron chi connectivity index (χ0n) is 12.8. The minimum absolute atomic E-state index is 0.591. The lowest BCUT2D eigenvalue weighted by Gasteiger charge is -2.34. The zero-order valence-corrected chi connectivity index (χ0v) is 12.8. The topological polar surface area (TPSA) is 60.0 Å². The maximum atomic E-state index is 5.52. The molecule has 0 aromatic carbocycles. The van der Waals surface area contributed by atoms with Crippen LogP contribution in [0.4, 0.5) is 0 Å². The Morgan fingerprint density at radius 3 is 2.90 bits per heavy atom. The maximum absolute atomic E-state index is 5.52. The van der Waals surface area contributed by atoms with Crippen LogP contribution in [0.25, 0.3) is 0 Å². The van der Waals surface area contributed by atoms with Crippen LogP contribution >= 0.6 is 0 Å². The lowest BCUT2D eigenvalue weighted by molar-refractivity contribution is 0.116. The van der Waals surface area contributed by atoms with Crippen molar-refractivity contribution in [1.29, 1.82) is 0 Å². The van der Waals surface area contributed by atoms with Crippen molar-refractivity contribution in [3.05, 3.63) is 30.0 Å². The fraction of sp³-hybridized carbons (Fsp3) is 0.667. The quantitative estimate of drug-likeness (QED) is 0.845. The van der Waals surface area contributed by atoms with E-state index in [0.29, 0.717) is 11.9 Å². The highest BCUT2D eigenvalue weighted by molar-refractivity contribution is 4.90. The van der Waals surface area contributed by atoms with Crippen LogP contribution in [0.2, 0.25) is 0 Å². The smallest absolute Gasteiger partial charge is 0.230 e. The number of nitrogens with zero attached hydrogens (tertiary/aromatic N) is 5. The molecular formula is C15H23N5O. The summed E-state index contributed by atoms with van der Waals surface area (Å²) in [5.41, 5.74) is 0. The standard InChI is InChI=1S/C15H23N5O/c1-12-16-7-10-19(12)9-6-14-5-3-4-8-20(14)11-15-18-17-13(2)21-15/h7,10,14H,3-6,8-9,11H2,1-2H3/t14-/m0/s1. The van der Waals surface area contributed by atoms with Crippen LogP contribution in [0.1, 0.15) is 43.3 Å². The van der Waals surface area contributed by atoms with Gasteiger partial charge in [-0.15, -0.1) is 10.2 Å². The molecule has 0 unspecified atom stereocenters. The number of imidazole rings is 1. The SMILES string of the molecule is Cc1nnc(CN2CCCC[C@H]2CCn2ccnc2C)o1. The Morgan fingerprint density at radius 1 is 1.29 bits per heavy atom. The summed E-state index contributed by atoms with van der Waals surface area (Å²) in [4.78, 5) is 6.77. The fourth-order valence-electron chi connectivity index (χ4n) is 3.10. The van der Waals surface area contributed by atoms with Crippen molar-refractivity contribution in [2.24, 2.45) is 0 Å². The van der Waals surface area contributed by atoms with Crippen LogP contribution in [0.5, 0.6) is 0 Å². The van der Waals surface area contributed by atoms with Crippen molar-refractivity contribution in [3.8, 4) is 0 Å². The highest BCUT2D eigenvalue weighted by atomic mass is 16.4. The van der Waals surface area contributed by atoms with Gasteiger partial charge in [-0.25, -0.2) is 4.98 Å². The van der Waals surface area contributed by atoms with Gasteiger partial charge in [-0.05, 0) is 32.7 Å². The van der Waals surface area contributed by atoms with Crippen LogP contribution in [0.3, 0.4) is 0 Å². The molecule has 3 rings (SSSR count). The number of likely N-dealkylation sites (tertiary alicyclic amines) is 1. The Labute approximate surface area is 125 Å². The largest absolute Gasteiger partial charge is 0.424 e. The molecule has 2 aromatic heterocycles. The molecule has 6 heteroatoms. The molecule has 1 aliphatic heterocycles. The van der Waals surface area contributed by atoms with Crippen molar-refractivity contribution in [2.75, 3.05) is 6.54 Å². The van der Waals surface area contributed by atoms with E-state index in [0.717, 1.165) is 37.8 Å². The molecule has 21 heavy (non-hydrogen) atoms. The summed E-state index contributed by atoms with van der Waals surface area (Å²) in [5, 5.41) is 8.04. The highest BCUT2D eigenvalue weighted by Crippen LogP contribution is 2.22. The number of piperidine rings is 1. The first-order chi connectivity index (χ1) is 10.2. The van der Waals surface area contributed by atoms with E-state index in [1.54, 1.807) is 0 Å². The average molecular weight is 289 g/mol. The van der Waals surface area contributed by atoms with Gasteiger partial charge in [0.15, 0.2) is 0 Å². The Bertz CT molecular complexity index is 576. The summed E-state index contributed by atoms with van der Waals surface area (Å²) in [6.45, 7) is 6.81. The van der Waals surface area contributed by atoms with Gasteiger partial charge >= 0.3 is 0 Å². The second-order valence-corrected chi connectivity index (χ2v) is 5.79. The Morgan fingerprint density at radius 2 is 2.19 bits per heavy atom. The van der Waals surface area contributed by atoms with E-state index in [1.807, 2.05) is 13.1 Å². The normalized spacial score (nSPS) is 20.0. The predicted octanol–water partition coefficient (Wildman–Crippen LogP) is 2.33. The Kier molecular flexibility index (Phi) is 4.34. The molecule has 0 amide bonds. The maximum Gasteiger partial charge on any atom is 0.230 e. The molecule has 3 heterocycles. The third-order valence-electron chi connectivity index (χ3n) is 4.28. The molecule has 0 radical (unpaired) electrons. The van der Waals surface area contributed by atoms with Crippen molar-refractivity contribution in [1.82, 2.24) is 24.6 Å². The van der Waals surface area contributed by atoms with Gasteiger partial charge < -0.3 is 8.98 Å². The number of rotatable bonds is 5. The van der Waals surface area contributed by atoms with Gasteiger partial charge in [-0.3, -0.25) is 4.90 Å².